The molecule has 5 rings (SSSR count). The maximum atomic E-state index is 12.5. The Labute approximate surface area is 200 Å². The molecular formula is C25H34N8O. The lowest BCUT2D eigenvalue weighted by molar-refractivity contribution is -0.124. The number of rotatable bonds is 7. The lowest BCUT2D eigenvalue weighted by Crippen LogP contribution is -2.45. The lowest BCUT2D eigenvalue weighted by Gasteiger charge is -2.35. The summed E-state index contributed by atoms with van der Waals surface area (Å²) in [6.45, 7) is 6.80. The number of piperazine rings is 1. The standard InChI is InChI=1S/C25H34N8O/c1-30-13-15-32(16-14-30)23-8-7-22-27-28-24(33(22)29-23)17-21(25(26)34)20-9-11-31(12-10-20)18-19-5-3-2-4-6-19/h2-8,20-21H,9-18H2,1H3,(H2,26,34). The smallest absolute Gasteiger partial charge is 0.221 e. The number of likely N-dealkylation sites (tertiary alicyclic amines) is 1. The molecule has 180 valence electrons. The zero-order chi connectivity index (χ0) is 23.5. The third kappa shape index (κ3) is 5.05. The van der Waals surface area contributed by atoms with Crippen LogP contribution in [-0.2, 0) is 17.8 Å². The third-order valence-electron chi connectivity index (χ3n) is 7.36. The van der Waals surface area contributed by atoms with Gasteiger partial charge >= 0.3 is 0 Å². The molecule has 2 N–H and O–H groups in total. The number of carbonyl (C=O) groups excluding carboxylic acids is 1. The van der Waals surface area contributed by atoms with E-state index in [-0.39, 0.29) is 17.7 Å². The van der Waals surface area contributed by atoms with Crippen LogP contribution in [0.25, 0.3) is 5.65 Å². The van der Waals surface area contributed by atoms with Crippen molar-refractivity contribution >= 4 is 17.4 Å². The van der Waals surface area contributed by atoms with Crippen molar-refractivity contribution in [2.45, 2.75) is 25.8 Å². The first-order chi connectivity index (χ1) is 16.6. The van der Waals surface area contributed by atoms with Crippen LogP contribution in [0.15, 0.2) is 42.5 Å². The second kappa shape index (κ2) is 10.1. The van der Waals surface area contributed by atoms with Gasteiger partial charge in [0.2, 0.25) is 5.91 Å². The van der Waals surface area contributed by atoms with Crippen LogP contribution < -0.4 is 10.6 Å². The van der Waals surface area contributed by atoms with Crippen molar-refractivity contribution in [3.05, 3.63) is 53.9 Å². The van der Waals surface area contributed by atoms with Crippen molar-refractivity contribution in [2.75, 3.05) is 51.2 Å². The van der Waals surface area contributed by atoms with Gasteiger partial charge in [0.25, 0.3) is 0 Å². The number of aromatic nitrogens is 4. The summed E-state index contributed by atoms with van der Waals surface area (Å²) in [5.41, 5.74) is 7.93. The number of hydrogen-bond acceptors (Lipinski definition) is 7. The van der Waals surface area contributed by atoms with E-state index in [1.54, 1.807) is 4.52 Å². The number of fused-ring (bicyclic) bond motifs is 1. The van der Waals surface area contributed by atoms with E-state index >= 15 is 0 Å². The molecule has 2 saturated heterocycles. The molecule has 34 heavy (non-hydrogen) atoms. The molecule has 1 aromatic carbocycles. The van der Waals surface area contributed by atoms with Crippen LogP contribution in [0.5, 0.6) is 0 Å². The van der Waals surface area contributed by atoms with Crippen molar-refractivity contribution in [3.8, 4) is 0 Å². The monoisotopic (exact) mass is 462 g/mol. The van der Waals surface area contributed by atoms with Crippen LogP contribution in [0, 0.1) is 11.8 Å². The summed E-state index contributed by atoms with van der Waals surface area (Å²) >= 11 is 0. The van der Waals surface area contributed by atoms with E-state index in [0.717, 1.165) is 64.5 Å². The maximum absolute atomic E-state index is 12.5. The largest absolute Gasteiger partial charge is 0.369 e. The van der Waals surface area contributed by atoms with Crippen LogP contribution in [-0.4, -0.2) is 81.8 Å². The second-order valence-electron chi connectivity index (χ2n) is 9.68. The van der Waals surface area contributed by atoms with Crippen LogP contribution in [0.1, 0.15) is 24.2 Å². The summed E-state index contributed by atoms with van der Waals surface area (Å²) in [6.07, 6.45) is 2.38. The van der Waals surface area contributed by atoms with E-state index < -0.39 is 0 Å². The average Bonchev–Trinajstić information content (AvgIpc) is 3.26. The van der Waals surface area contributed by atoms with Gasteiger partial charge in [0.05, 0.1) is 0 Å². The fourth-order valence-corrected chi connectivity index (χ4v) is 5.21. The van der Waals surface area contributed by atoms with Gasteiger partial charge in [-0.1, -0.05) is 30.3 Å². The van der Waals surface area contributed by atoms with Gasteiger partial charge in [-0.15, -0.1) is 15.3 Å². The van der Waals surface area contributed by atoms with Crippen molar-refractivity contribution in [1.29, 1.82) is 0 Å². The normalized spacial score (nSPS) is 19.5. The predicted octanol–water partition coefficient (Wildman–Crippen LogP) is 1.43. The first-order valence-electron chi connectivity index (χ1n) is 12.3. The number of benzene rings is 1. The molecule has 4 heterocycles. The Morgan fingerprint density at radius 3 is 2.44 bits per heavy atom. The summed E-state index contributed by atoms with van der Waals surface area (Å²) in [6, 6.07) is 14.5. The number of amides is 1. The Balaban J connectivity index is 1.26. The molecule has 2 fully saturated rings. The molecule has 0 aliphatic carbocycles. The van der Waals surface area contributed by atoms with E-state index in [0.29, 0.717) is 17.9 Å². The van der Waals surface area contributed by atoms with Gasteiger partial charge in [0, 0.05) is 45.1 Å². The lowest BCUT2D eigenvalue weighted by atomic mass is 9.81. The Morgan fingerprint density at radius 2 is 1.74 bits per heavy atom. The van der Waals surface area contributed by atoms with Gasteiger partial charge in [-0.25, -0.2) is 0 Å². The Hall–Kier alpha value is -3.04. The van der Waals surface area contributed by atoms with E-state index in [9.17, 15) is 4.79 Å². The average molecular weight is 463 g/mol. The summed E-state index contributed by atoms with van der Waals surface area (Å²) in [5.74, 6) is 1.36. The Kier molecular flexibility index (Phi) is 6.73. The fraction of sp³-hybridized carbons (Fsp3) is 0.520. The number of primary amides is 1. The van der Waals surface area contributed by atoms with Crippen molar-refractivity contribution in [2.24, 2.45) is 17.6 Å². The number of piperidine rings is 1. The first kappa shape index (κ1) is 22.7. The highest BCUT2D eigenvalue weighted by molar-refractivity contribution is 5.77. The van der Waals surface area contributed by atoms with E-state index in [4.69, 9.17) is 10.8 Å². The predicted molar refractivity (Wildman–Crippen MR) is 131 cm³/mol. The molecular weight excluding hydrogens is 428 g/mol. The molecule has 2 aliphatic rings. The Morgan fingerprint density at radius 1 is 1.00 bits per heavy atom. The summed E-state index contributed by atoms with van der Waals surface area (Å²) < 4.78 is 1.80. The summed E-state index contributed by atoms with van der Waals surface area (Å²) in [7, 11) is 2.14. The molecule has 1 atom stereocenters. The number of nitrogens with two attached hydrogens (primary N) is 1. The molecule has 2 aliphatic heterocycles. The molecule has 1 unspecified atom stereocenters. The molecule has 9 heteroatoms. The number of anilines is 1. The topological polar surface area (TPSA) is 95.9 Å². The van der Waals surface area contributed by atoms with E-state index in [1.807, 2.05) is 18.2 Å². The second-order valence-corrected chi connectivity index (χ2v) is 9.68. The molecule has 0 spiro atoms. The van der Waals surface area contributed by atoms with Crippen LogP contribution in [0.2, 0.25) is 0 Å². The molecule has 1 amide bonds. The van der Waals surface area contributed by atoms with Gasteiger partial charge in [0.15, 0.2) is 11.5 Å². The molecule has 0 saturated carbocycles. The highest BCUT2D eigenvalue weighted by Crippen LogP contribution is 2.28. The van der Waals surface area contributed by atoms with E-state index in [1.165, 1.54) is 5.56 Å². The van der Waals surface area contributed by atoms with E-state index in [2.05, 4.69) is 56.2 Å². The van der Waals surface area contributed by atoms with Gasteiger partial charge in [0.1, 0.15) is 5.82 Å². The number of nitrogens with zero attached hydrogens (tertiary/aromatic N) is 7. The van der Waals surface area contributed by atoms with Crippen LogP contribution in [0.3, 0.4) is 0 Å². The van der Waals surface area contributed by atoms with Crippen LogP contribution >= 0.6 is 0 Å². The van der Waals surface area contributed by atoms with Gasteiger partial charge < -0.3 is 15.5 Å². The SMILES string of the molecule is CN1CCN(c2ccc3nnc(CC(C(N)=O)C4CCN(Cc5ccccc5)CC4)n3n2)CC1. The third-order valence-corrected chi connectivity index (χ3v) is 7.36. The summed E-state index contributed by atoms with van der Waals surface area (Å²) in [5, 5.41) is 13.5. The van der Waals surface area contributed by atoms with Crippen LogP contribution in [0.4, 0.5) is 5.82 Å². The highest BCUT2D eigenvalue weighted by atomic mass is 16.1. The Bertz CT molecular complexity index is 1100. The minimum atomic E-state index is -0.264. The maximum Gasteiger partial charge on any atom is 0.221 e. The highest BCUT2D eigenvalue weighted by Gasteiger charge is 2.32. The fourth-order valence-electron chi connectivity index (χ4n) is 5.21. The van der Waals surface area contributed by atoms with Crippen molar-refractivity contribution in [3.63, 3.8) is 0 Å². The van der Waals surface area contributed by atoms with Gasteiger partial charge in [-0.2, -0.15) is 4.52 Å². The molecule has 2 aromatic heterocycles. The quantitative estimate of drug-likeness (QED) is 0.567. The zero-order valence-corrected chi connectivity index (χ0v) is 19.9. The number of carbonyl (C=O) groups is 1. The number of likely N-dealkylation sites (N-methyl/N-ethyl adjacent to an activating group) is 1. The summed E-state index contributed by atoms with van der Waals surface area (Å²) in [4.78, 5) is 19.6. The first-order valence-corrected chi connectivity index (χ1v) is 12.3. The number of hydrogen-bond donors (Lipinski definition) is 1. The zero-order valence-electron chi connectivity index (χ0n) is 19.9. The van der Waals surface area contributed by atoms with Crippen molar-refractivity contribution < 1.29 is 4.79 Å². The van der Waals surface area contributed by atoms with Gasteiger partial charge in [-0.3, -0.25) is 9.69 Å². The molecule has 3 aromatic rings. The minimum Gasteiger partial charge on any atom is -0.369 e. The molecule has 0 bridgehead atoms. The minimum absolute atomic E-state index is 0.248. The van der Waals surface area contributed by atoms with Crippen molar-refractivity contribution in [1.82, 2.24) is 29.6 Å². The molecule has 9 nitrogen and oxygen atoms in total. The van der Waals surface area contributed by atoms with Gasteiger partial charge in [-0.05, 0) is 56.6 Å². The molecule has 0 radical (unpaired) electrons.